The average Bonchev–Trinajstić information content (AvgIpc) is 2.65. The highest BCUT2D eigenvalue weighted by Gasteiger charge is 2.65. The van der Waals surface area contributed by atoms with E-state index in [2.05, 4.69) is 33.0 Å². The molecule has 18 heavy (non-hydrogen) atoms. The van der Waals surface area contributed by atoms with E-state index in [-0.39, 0.29) is 39.8 Å². The number of phenols is 1. The molecule has 1 saturated carbocycles. The third kappa shape index (κ3) is 1.64. The minimum Gasteiger partial charge on any atom is -0.505 e. The number of anilines is 1. The third-order valence-corrected chi connectivity index (χ3v) is 4.61. The van der Waals surface area contributed by atoms with Gasteiger partial charge in [0.25, 0.3) is 5.91 Å². The third-order valence-electron chi connectivity index (χ3n) is 4.61. The first-order valence-corrected chi connectivity index (χ1v) is 6.08. The fourth-order valence-electron chi connectivity index (χ4n) is 2.51. The van der Waals surface area contributed by atoms with Gasteiger partial charge in [0, 0.05) is 6.04 Å². The molecule has 1 amide bonds. The molecule has 0 saturated heterocycles. The van der Waals surface area contributed by atoms with Crippen molar-refractivity contribution < 1.29 is 9.90 Å². The molecule has 0 radical (unpaired) electrons. The Bertz CT molecular complexity index is 493. The molecule has 1 aliphatic rings. The minimum atomic E-state index is -0.275. The number of rotatable bonds is 2. The number of amides is 1. The Morgan fingerprint density at radius 3 is 2.33 bits per heavy atom. The average molecular weight is 248 g/mol. The van der Waals surface area contributed by atoms with Crippen molar-refractivity contribution in [2.24, 2.45) is 10.8 Å². The second kappa shape index (κ2) is 3.64. The molecular formula is C14H20N2O2. The van der Waals surface area contributed by atoms with Crippen LogP contribution in [0, 0.1) is 10.8 Å². The number of carbonyl (C=O) groups excluding carboxylic acids is 1. The first kappa shape index (κ1) is 12.7. The van der Waals surface area contributed by atoms with Gasteiger partial charge in [-0.05, 0) is 23.0 Å². The Morgan fingerprint density at radius 2 is 1.83 bits per heavy atom. The van der Waals surface area contributed by atoms with E-state index in [1.54, 1.807) is 18.2 Å². The SMILES string of the molecule is CC1(C)C(NC(=O)c2cccc(N)c2O)C1(C)C. The summed E-state index contributed by atoms with van der Waals surface area (Å²) in [7, 11) is 0. The van der Waals surface area contributed by atoms with Crippen LogP contribution in [0.3, 0.4) is 0 Å². The molecule has 0 bridgehead atoms. The lowest BCUT2D eigenvalue weighted by Crippen LogP contribution is -2.29. The number of nitrogen functional groups attached to an aromatic ring is 1. The molecular weight excluding hydrogens is 228 g/mol. The van der Waals surface area contributed by atoms with Gasteiger partial charge in [-0.15, -0.1) is 0 Å². The van der Waals surface area contributed by atoms with Crippen molar-refractivity contribution in [1.82, 2.24) is 5.32 Å². The number of hydrogen-bond acceptors (Lipinski definition) is 3. The highest BCUT2D eigenvalue weighted by atomic mass is 16.3. The molecule has 0 aliphatic heterocycles. The van der Waals surface area contributed by atoms with E-state index in [4.69, 9.17) is 5.73 Å². The van der Waals surface area contributed by atoms with Gasteiger partial charge in [-0.3, -0.25) is 4.79 Å². The monoisotopic (exact) mass is 248 g/mol. The molecule has 0 atom stereocenters. The van der Waals surface area contributed by atoms with E-state index >= 15 is 0 Å². The van der Waals surface area contributed by atoms with Crippen molar-refractivity contribution in [1.29, 1.82) is 0 Å². The van der Waals surface area contributed by atoms with E-state index in [0.29, 0.717) is 0 Å². The summed E-state index contributed by atoms with van der Waals surface area (Å²) in [4.78, 5) is 12.1. The molecule has 4 heteroatoms. The maximum absolute atomic E-state index is 12.1. The van der Waals surface area contributed by atoms with Crippen LogP contribution in [0.4, 0.5) is 5.69 Å². The molecule has 1 aromatic rings. The van der Waals surface area contributed by atoms with Crippen molar-refractivity contribution in [3.05, 3.63) is 23.8 Å². The lowest BCUT2D eigenvalue weighted by molar-refractivity contribution is 0.0941. The molecule has 98 valence electrons. The lowest BCUT2D eigenvalue weighted by atomic mass is 10.0. The van der Waals surface area contributed by atoms with Gasteiger partial charge in [-0.2, -0.15) is 0 Å². The van der Waals surface area contributed by atoms with Gasteiger partial charge in [0.05, 0.1) is 11.3 Å². The minimum absolute atomic E-state index is 0.0681. The van der Waals surface area contributed by atoms with Gasteiger partial charge in [0.1, 0.15) is 0 Å². The van der Waals surface area contributed by atoms with Gasteiger partial charge in [-0.25, -0.2) is 0 Å². The molecule has 4 nitrogen and oxygen atoms in total. The van der Waals surface area contributed by atoms with E-state index in [9.17, 15) is 9.90 Å². The molecule has 1 aliphatic carbocycles. The lowest BCUT2D eigenvalue weighted by Gasteiger charge is -2.09. The summed E-state index contributed by atoms with van der Waals surface area (Å²) >= 11 is 0. The van der Waals surface area contributed by atoms with Crippen LogP contribution in [0.5, 0.6) is 5.75 Å². The zero-order valence-corrected chi connectivity index (χ0v) is 11.2. The molecule has 2 rings (SSSR count). The molecule has 4 N–H and O–H groups in total. The van der Waals surface area contributed by atoms with E-state index in [1.807, 2.05) is 0 Å². The number of aromatic hydroxyl groups is 1. The van der Waals surface area contributed by atoms with Crippen molar-refractivity contribution in [2.45, 2.75) is 33.7 Å². The van der Waals surface area contributed by atoms with Crippen LogP contribution in [0.2, 0.25) is 0 Å². The summed E-state index contributed by atoms with van der Waals surface area (Å²) < 4.78 is 0. The van der Waals surface area contributed by atoms with E-state index in [0.717, 1.165) is 0 Å². The first-order valence-electron chi connectivity index (χ1n) is 6.08. The quantitative estimate of drug-likeness (QED) is 0.554. The first-order chi connectivity index (χ1) is 8.19. The highest BCUT2D eigenvalue weighted by molar-refractivity contribution is 5.98. The molecule has 0 aromatic heterocycles. The second-order valence-corrected chi connectivity index (χ2v) is 6.09. The molecule has 0 spiro atoms. The number of phenolic OH excluding ortho intramolecular Hbond substituents is 1. The van der Waals surface area contributed by atoms with Crippen LogP contribution < -0.4 is 11.1 Å². The van der Waals surface area contributed by atoms with E-state index < -0.39 is 0 Å². The van der Waals surface area contributed by atoms with Gasteiger partial charge < -0.3 is 16.2 Å². The normalized spacial score (nSPS) is 20.4. The summed E-state index contributed by atoms with van der Waals surface area (Å²) in [5.41, 5.74) is 6.17. The Kier molecular flexibility index (Phi) is 2.58. The zero-order chi connectivity index (χ0) is 13.7. The number of benzene rings is 1. The van der Waals surface area contributed by atoms with Crippen LogP contribution >= 0.6 is 0 Å². The number of para-hydroxylation sites is 1. The maximum Gasteiger partial charge on any atom is 0.255 e. The van der Waals surface area contributed by atoms with Gasteiger partial charge in [0.15, 0.2) is 5.75 Å². The predicted octanol–water partition coefficient (Wildman–Crippen LogP) is 2.14. The zero-order valence-electron chi connectivity index (χ0n) is 11.2. The summed E-state index contributed by atoms with van der Waals surface area (Å²) in [5.74, 6) is -0.422. The van der Waals surface area contributed by atoms with Gasteiger partial charge >= 0.3 is 0 Å². The van der Waals surface area contributed by atoms with Crippen LogP contribution in [0.1, 0.15) is 38.1 Å². The molecule has 1 aromatic carbocycles. The highest BCUT2D eigenvalue weighted by Crippen LogP contribution is 2.62. The molecule has 1 fully saturated rings. The van der Waals surface area contributed by atoms with Crippen LogP contribution in [-0.4, -0.2) is 17.1 Å². The van der Waals surface area contributed by atoms with Crippen molar-refractivity contribution in [2.75, 3.05) is 5.73 Å². The molecule has 0 unspecified atom stereocenters. The van der Waals surface area contributed by atoms with E-state index in [1.165, 1.54) is 0 Å². The molecule has 0 heterocycles. The van der Waals surface area contributed by atoms with Crippen LogP contribution in [0.25, 0.3) is 0 Å². The Labute approximate surface area is 107 Å². The summed E-state index contributed by atoms with van der Waals surface area (Å²) in [6.45, 7) is 8.49. The van der Waals surface area contributed by atoms with Crippen molar-refractivity contribution in [3.8, 4) is 5.75 Å². The van der Waals surface area contributed by atoms with Crippen LogP contribution in [0.15, 0.2) is 18.2 Å². The Morgan fingerprint density at radius 1 is 1.28 bits per heavy atom. The standard InChI is InChI=1S/C14H20N2O2/c1-13(2)12(14(13,3)4)16-11(18)8-6-5-7-9(15)10(8)17/h5-7,12,17H,15H2,1-4H3,(H,16,18). The Hall–Kier alpha value is -1.71. The largest absolute Gasteiger partial charge is 0.505 e. The fourth-order valence-corrected chi connectivity index (χ4v) is 2.51. The van der Waals surface area contributed by atoms with Gasteiger partial charge in [0.2, 0.25) is 0 Å². The number of carbonyl (C=O) groups is 1. The topological polar surface area (TPSA) is 75.4 Å². The summed E-state index contributed by atoms with van der Waals surface area (Å²) in [5, 5.41) is 12.7. The number of nitrogens with two attached hydrogens (primary N) is 1. The fraction of sp³-hybridized carbons (Fsp3) is 0.500. The number of hydrogen-bond donors (Lipinski definition) is 3. The Balaban J connectivity index is 2.18. The van der Waals surface area contributed by atoms with Gasteiger partial charge in [-0.1, -0.05) is 33.8 Å². The maximum atomic E-state index is 12.1. The smallest absolute Gasteiger partial charge is 0.255 e. The summed E-state index contributed by atoms with van der Waals surface area (Å²) in [6, 6.07) is 4.91. The number of nitrogens with one attached hydrogen (secondary N) is 1. The summed E-state index contributed by atoms with van der Waals surface area (Å²) in [6.07, 6.45) is 0. The van der Waals surface area contributed by atoms with Crippen LogP contribution in [-0.2, 0) is 0 Å². The second-order valence-electron chi connectivity index (χ2n) is 6.09. The van der Waals surface area contributed by atoms with Crippen molar-refractivity contribution in [3.63, 3.8) is 0 Å². The predicted molar refractivity (Wildman–Crippen MR) is 71.3 cm³/mol. The van der Waals surface area contributed by atoms with Crippen molar-refractivity contribution >= 4 is 11.6 Å².